The molecular formula is C20H32N3O3S+. The Balaban J connectivity index is 1.85. The smallest absolute Gasteiger partial charge is 0.279 e. The van der Waals surface area contributed by atoms with E-state index in [4.69, 9.17) is 0 Å². The van der Waals surface area contributed by atoms with E-state index in [0.29, 0.717) is 31.0 Å². The number of sulfonamides is 1. The molecular weight excluding hydrogens is 362 g/mol. The van der Waals surface area contributed by atoms with Gasteiger partial charge in [-0.2, -0.15) is 4.31 Å². The summed E-state index contributed by atoms with van der Waals surface area (Å²) in [5.74, 6) is 0.109. The fraction of sp³-hybridized carbons (Fsp3) is 0.650. The van der Waals surface area contributed by atoms with Crippen LogP contribution in [0.4, 0.5) is 0 Å². The van der Waals surface area contributed by atoms with Crippen LogP contribution in [-0.2, 0) is 14.8 Å². The second-order valence-electron chi connectivity index (χ2n) is 8.16. The van der Waals surface area contributed by atoms with Gasteiger partial charge in [0.1, 0.15) is 6.17 Å². The highest BCUT2D eigenvalue weighted by atomic mass is 32.2. The Morgan fingerprint density at radius 1 is 1.11 bits per heavy atom. The van der Waals surface area contributed by atoms with Crippen molar-refractivity contribution in [1.29, 1.82) is 0 Å². The molecule has 2 aliphatic rings. The van der Waals surface area contributed by atoms with Gasteiger partial charge < -0.3 is 9.80 Å². The van der Waals surface area contributed by atoms with Crippen molar-refractivity contribution in [1.82, 2.24) is 9.21 Å². The number of carbonyl (C=O) groups is 1. The fourth-order valence-electron chi connectivity index (χ4n) is 4.26. The first-order valence-corrected chi connectivity index (χ1v) is 11.5. The van der Waals surface area contributed by atoms with Gasteiger partial charge in [-0.3, -0.25) is 4.79 Å². The van der Waals surface area contributed by atoms with Gasteiger partial charge in [-0.25, -0.2) is 8.42 Å². The van der Waals surface area contributed by atoms with Gasteiger partial charge in [0.2, 0.25) is 10.0 Å². The predicted octanol–water partition coefficient (Wildman–Crippen LogP) is 0.879. The van der Waals surface area contributed by atoms with E-state index < -0.39 is 16.2 Å². The summed E-state index contributed by atoms with van der Waals surface area (Å²) in [5, 5.41) is 0. The molecule has 0 saturated carbocycles. The lowest BCUT2D eigenvalue weighted by Crippen LogP contribution is -3.11. The van der Waals surface area contributed by atoms with Gasteiger partial charge in [0.05, 0.1) is 18.0 Å². The number of carbonyl (C=O) groups excluding carboxylic acids is 1. The summed E-state index contributed by atoms with van der Waals surface area (Å²) >= 11 is 0. The highest BCUT2D eigenvalue weighted by Crippen LogP contribution is 2.28. The molecule has 7 heteroatoms. The van der Waals surface area contributed by atoms with Crippen molar-refractivity contribution in [3.63, 3.8) is 0 Å². The van der Waals surface area contributed by atoms with E-state index in [1.54, 1.807) is 16.4 Å². The van der Waals surface area contributed by atoms with Gasteiger partial charge in [-0.1, -0.05) is 31.5 Å². The van der Waals surface area contributed by atoms with Crippen molar-refractivity contribution in [3.8, 4) is 0 Å². The normalized spacial score (nSPS) is 22.5. The van der Waals surface area contributed by atoms with E-state index in [1.165, 1.54) is 17.7 Å². The van der Waals surface area contributed by atoms with E-state index >= 15 is 0 Å². The van der Waals surface area contributed by atoms with E-state index in [0.717, 1.165) is 18.7 Å². The fourth-order valence-corrected chi connectivity index (χ4v) is 6.02. The summed E-state index contributed by atoms with van der Waals surface area (Å²) < 4.78 is 28.2. The standard InChI is InChI=1S/C20H31N3O3S/c1-16(2)20-22(19(24)15-21-11-4-5-12-21)13-6-14-23(20)27(25,26)18-9-7-17(3)8-10-18/h7-10,16,20H,4-6,11-15H2,1-3H3/p+1/t20-/m1/s1. The first-order chi connectivity index (χ1) is 12.8. The van der Waals surface area contributed by atoms with Gasteiger partial charge in [0.25, 0.3) is 5.91 Å². The van der Waals surface area contributed by atoms with Gasteiger partial charge in [0.15, 0.2) is 6.54 Å². The molecule has 0 bridgehead atoms. The Labute approximate surface area is 163 Å². The SMILES string of the molecule is Cc1ccc(S(=O)(=O)N2CCCN(C(=O)C[NH+]3CCCC3)[C@H]2C(C)C)cc1. The Kier molecular flexibility index (Phi) is 6.23. The minimum absolute atomic E-state index is 0.0306. The molecule has 150 valence electrons. The molecule has 27 heavy (non-hydrogen) atoms. The minimum atomic E-state index is -3.63. The second-order valence-corrected chi connectivity index (χ2v) is 10.1. The number of quaternary nitrogens is 1. The van der Waals surface area contributed by atoms with Crippen LogP contribution in [0.3, 0.4) is 0 Å². The first kappa shape index (κ1) is 20.3. The molecule has 0 radical (unpaired) electrons. The van der Waals surface area contributed by atoms with Crippen LogP contribution in [-0.4, -0.2) is 62.4 Å². The van der Waals surface area contributed by atoms with Crippen LogP contribution in [0.15, 0.2) is 29.2 Å². The van der Waals surface area contributed by atoms with Crippen molar-refractivity contribution in [3.05, 3.63) is 29.8 Å². The van der Waals surface area contributed by atoms with Crippen molar-refractivity contribution in [2.75, 3.05) is 32.7 Å². The van der Waals surface area contributed by atoms with Gasteiger partial charge >= 0.3 is 0 Å². The number of likely N-dealkylation sites (tertiary alicyclic amines) is 1. The maximum absolute atomic E-state index is 13.3. The molecule has 1 amide bonds. The summed E-state index contributed by atoms with van der Waals surface area (Å²) in [6.45, 7) is 9.58. The van der Waals surface area contributed by atoms with E-state index in [-0.39, 0.29) is 11.8 Å². The molecule has 0 spiro atoms. The van der Waals surface area contributed by atoms with Crippen LogP contribution < -0.4 is 4.90 Å². The molecule has 0 unspecified atom stereocenters. The summed E-state index contributed by atoms with van der Waals surface area (Å²) in [5.41, 5.74) is 1.03. The summed E-state index contributed by atoms with van der Waals surface area (Å²) in [7, 11) is -3.63. The number of hydrogen-bond acceptors (Lipinski definition) is 3. The largest absolute Gasteiger partial charge is 0.327 e. The molecule has 1 aromatic rings. The quantitative estimate of drug-likeness (QED) is 0.806. The topological polar surface area (TPSA) is 62.1 Å². The number of rotatable bonds is 5. The van der Waals surface area contributed by atoms with Crippen molar-refractivity contribution < 1.29 is 18.1 Å². The zero-order valence-electron chi connectivity index (χ0n) is 16.6. The Morgan fingerprint density at radius 2 is 1.74 bits per heavy atom. The number of amides is 1. The second kappa shape index (κ2) is 8.29. The van der Waals surface area contributed by atoms with E-state index in [9.17, 15) is 13.2 Å². The Bertz CT molecular complexity index is 755. The zero-order chi connectivity index (χ0) is 19.6. The predicted molar refractivity (Wildman–Crippen MR) is 105 cm³/mol. The third-order valence-electron chi connectivity index (χ3n) is 5.65. The molecule has 6 nitrogen and oxygen atoms in total. The molecule has 0 aromatic heterocycles. The third kappa shape index (κ3) is 4.36. The number of nitrogens with zero attached hydrogens (tertiary/aromatic N) is 2. The van der Waals surface area contributed by atoms with Crippen molar-refractivity contribution in [2.24, 2.45) is 5.92 Å². The summed E-state index contributed by atoms with van der Waals surface area (Å²) in [4.78, 5) is 16.4. The summed E-state index contributed by atoms with van der Waals surface area (Å²) in [6.07, 6.45) is 2.60. The molecule has 1 atom stereocenters. The number of aryl methyl sites for hydroxylation is 1. The van der Waals surface area contributed by atoms with Crippen LogP contribution in [0.2, 0.25) is 0 Å². The van der Waals surface area contributed by atoms with E-state index in [2.05, 4.69) is 0 Å². The zero-order valence-corrected chi connectivity index (χ0v) is 17.5. The van der Waals surface area contributed by atoms with Crippen LogP contribution in [0.25, 0.3) is 0 Å². The maximum Gasteiger partial charge on any atom is 0.279 e. The number of hydrogen-bond donors (Lipinski definition) is 1. The lowest BCUT2D eigenvalue weighted by molar-refractivity contribution is -0.879. The minimum Gasteiger partial charge on any atom is -0.327 e. The highest BCUT2D eigenvalue weighted by molar-refractivity contribution is 7.89. The lowest BCUT2D eigenvalue weighted by atomic mass is 10.1. The highest BCUT2D eigenvalue weighted by Gasteiger charge is 2.42. The van der Waals surface area contributed by atoms with Gasteiger partial charge in [-0.05, 0) is 31.4 Å². The molecule has 2 aliphatic heterocycles. The van der Waals surface area contributed by atoms with Crippen LogP contribution in [0.1, 0.15) is 38.7 Å². The first-order valence-electron chi connectivity index (χ1n) is 10.0. The van der Waals surface area contributed by atoms with Crippen molar-refractivity contribution >= 4 is 15.9 Å². The molecule has 1 aromatic carbocycles. The molecule has 2 fully saturated rings. The molecule has 1 N–H and O–H groups in total. The number of nitrogens with one attached hydrogen (secondary N) is 1. The molecule has 3 rings (SSSR count). The Morgan fingerprint density at radius 3 is 2.33 bits per heavy atom. The molecule has 0 aliphatic carbocycles. The maximum atomic E-state index is 13.3. The monoisotopic (exact) mass is 394 g/mol. The lowest BCUT2D eigenvalue weighted by Gasteiger charge is -2.45. The van der Waals surface area contributed by atoms with Crippen LogP contribution in [0.5, 0.6) is 0 Å². The average Bonchev–Trinajstić information content (AvgIpc) is 3.14. The van der Waals surface area contributed by atoms with Gasteiger partial charge in [-0.15, -0.1) is 0 Å². The third-order valence-corrected chi connectivity index (χ3v) is 7.53. The van der Waals surface area contributed by atoms with Crippen LogP contribution in [0, 0.1) is 12.8 Å². The van der Waals surface area contributed by atoms with Crippen molar-refractivity contribution in [2.45, 2.75) is 51.1 Å². The van der Waals surface area contributed by atoms with Crippen LogP contribution >= 0.6 is 0 Å². The van der Waals surface area contributed by atoms with E-state index in [1.807, 2.05) is 37.8 Å². The average molecular weight is 395 g/mol. The molecule has 2 heterocycles. The molecule has 2 saturated heterocycles. The number of benzene rings is 1. The summed E-state index contributed by atoms with van der Waals surface area (Å²) in [6, 6.07) is 6.97. The Hall–Kier alpha value is -1.44. The van der Waals surface area contributed by atoms with Gasteiger partial charge in [0, 0.05) is 25.9 Å².